The molecule has 1 aromatic heterocycles. The Hall–Kier alpha value is -3.95. The molecule has 1 aliphatic carbocycles. The molecule has 1 spiro atoms. The van der Waals surface area contributed by atoms with E-state index in [-0.39, 0.29) is 17.7 Å². The average molecular weight is 587 g/mol. The van der Waals surface area contributed by atoms with Gasteiger partial charge >= 0.3 is 0 Å². The van der Waals surface area contributed by atoms with Crippen LogP contribution in [0.3, 0.4) is 0 Å². The molecule has 1 fully saturated rings. The Labute approximate surface area is 250 Å². The molecule has 0 radical (unpaired) electrons. The molecule has 2 aromatic carbocycles. The van der Waals surface area contributed by atoms with Gasteiger partial charge in [0.05, 0.1) is 6.04 Å². The van der Waals surface area contributed by atoms with E-state index < -0.39 is 17.6 Å². The van der Waals surface area contributed by atoms with E-state index in [1.807, 2.05) is 84.3 Å². The second-order valence-electron chi connectivity index (χ2n) is 10.8. The highest BCUT2D eigenvalue weighted by Gasteiger charge is 2.44. The average Bonchev–Trinajstić information content (AvgIpc) is 3.70. The highest BCUT2D eigenvalue weighted by Crippen LogP contribution is 2.30. The fourth-order valence-electron chi connectivity index (χ4n) is 5.57. The molecule has 0 unspecified atom stereocenters. The highest BCUT2D eigenvalue weighted by atomic mass is 32.1. The van der Waals surface area contributed by atoms with Gasteiger partial charge in [0.1, 0.15) is 23.9 Å². The highest BCUT2D eigenvalue weighted by molar-refractivity contribution is 7.09. The van der Waals surface area contributed by atoms with Crippen molar-refractivity contribution in [3.05, 3.63) is 94.2 Å². The molecule has 42 heavy (non-hydrogen) atoms. The smallest absolute Gasteiger partial charge is 0.246 e. The number of hydrogen-bond donors (Lipinski definition) is 4. The lowest BCUT2D eigenvalue weighted by Crippen LogP contribution is -2.63. The van der Waals surface area contributed by atoms with Gasteiger partial charge in [-0.1, -0.05) is 79.6 Å². The number of carbonyl (C=O) groups excluding carboxylic acids is 3. The third kappa shape index (κ3) is 7.66. The molecule has 1 aliphatic heterocycles. The van der Waals surface area contributed by atoms with E-state index in [0.717, 1.165) is 34.6 Å². The van der Waals surface area contributed by atoms with Crippen molar-refractivity contribution in [2.45, 2.75) is 56.1 Å². The van der Waals surface area contributed by atoms with Crippen LogP contribution in [0.5, 0.6) is 5.75 Å². The first-order valence-corrected chi connectivity index (χ1v) is 15.5. The van der Waals surface area contributed by atoms with Gasteiger partial charge < -0.3 is 26.0 Å². The number of amides is 3. The first-order valence-electron chi connectivity index (χ1n) is 14.6. The molecule has 2 atom stereocenters. The zero-order valence-corrected chi connectivity index (χ0v) is 24.5. The number of carbonyl (C=O) groups is 3. The van der Waals surface area contributed by atoms with Crippen molar-refractivity contribution >= 4 is 35.1 Å². The Bertz CT molecular complexity index is 1370. The minimum absolute atomic E-state index is 0.228. The van der Waals surface area contributed by atoms with Crippen molar-refractivity contribution in [2.24, 2.45) is 0 Å². The van der Waals surface area contributed by atoms with Crippen LogP contribution in [0.4, 0.5) is 0 Å². The summed E-state index contributed by atoms with van der Waals surface area (Å²) in [5.74, 6) is -0.0946. The number of nitrogens with one attached hydrogen (secondary N) is 4. The molecular weight excluding hydrogens is 548 g/mol. The molecule has 2 aliphatic rings. The molecule has 0 saturated heterocycles. The number of benzene rings is 2. The van der Waals surface area contributed by atoms with Gasteiger partial charge in [0, 0.05) is 36.4 Å². The SMILES string of the molecule is O=C1NC2(CCCC2)C(=O)N[C@@H](Cc2ccccc2)C(=O)NC/C=C\c2ccccc2OCCN[C@H]1Cc1cccs1. The first kappa shape index (κ1) is 29.5. The summed E-state index contributed by atoms with van der Waals surface area (Å²) >= 11 is 1.60. The maximum absolute atomic E-state index is 13.9. The third-order valence-corrected chi connectivity index (χ3v) is 8.72. The Balaban J connectivity index is 1.43. The van der Waals surface area contributed by atoms with Crippen molar-refractivity contribution in [3.8, 4) is 5.75 Å². The van der Waals surface area contributed by atoms with Gasteiger partial charge in [0.15, 0.2) is 0 Å². The first-order chi connectivity index (χ1) is 20.5. The number of rotatable bonds is 4. The van der Waals surface area contributed by atoms with Crippen LogP contribution in [0.2, 0.25) is 0 Å². The van der Waals surface area contributed by atoms with Gasteiger partial charge in [0.25, 0.3) is 0 Å². The van der Waals surface area contributed by atoms with E-state index in [2.05, 4.69) is 21.3 Å². The third-order valence-electron chi connectivity index (χ3n) is 7.82. The standard InChI is InChI=1S/C33H38N4O4S/c38-30-28(22-24-10-2-1-3-11-24)36-32(40)33(16-6-7-17-33)37-31(39)27(23-26-14-9-21-42-26)34-19-20-41-29-15-5-4-12-25(29)13-8-18-35-30/h1-5,8-15,21,27-28,34H,6-7,16-20,22-23H2,(H,35,38)(H,36,40)(H,37,39)/b13-8-/t27-,28-/m0/s1. The predicted octanol–water partition coefficient (Wildman–Crippen LogP) is 3.63. The largest absolute Gasteiger partial charge is 0.492 e. The van der Waals surface area contributed by atoms with Gasteiger partial charge in [-0.25, -0.2) is 0 Å². The lowest BCUT2D eigenvalue weighted by atomic mass is 9.94. The fraction of sp³-hybridized carbons (Fsp3) is 0.364. The van der Waals surface area contributed by atoms with Crippen LogP contribution in [-0.2, 0) is 27.2 Å². The monoisotopic (exact) mass is 586 g/mol. The molecule has 3 amide bonds. The lowest BCUT2D eigenvalue weighted by Gasteiger charge is -2.33. The normalized spacial score (nSPS) is 22.5. The Morgan fingerprint density at radius 1 is 0.857 bits per heavy atom. The molecular formula is C33H38N4O4S. The minimum atomic E-state index is -1.07. The Morgan fingerprint density at radius 3 is 2.43 bits per heavy atom. The van der Waals surface area contributed by atoms with Crippen LogP contribution in [0.15, 0.2) is 78.2 Å². The van der Waals surface area contributed by atoms with Crippen molar-refractivity contribution in [1.82, 2.24) is 21.3 Å². The second-order valence-corrected chi connectivity index (χ2v) is 11.9. The summed E-state index contributed by atoms with van der Waals surface area (Å²) in [7, 11) is 0. The number of para-hydroxylation sites is 1. The van der Waals surface area contributed by atoms with E-state index in [1.165, 1.54) is 0 Å². The van der Waals surface area contributed by atoms with Crippen molar-refractivity contribution < 1.29 is 19.1 Å². The zero-order valence-electron chi connectivity index (χ0n) is 23.6. The minimum Gasteiger partial charge on any atom is -0.492 e. The molecule has 8 nitrogen and oxygen atoms in total. The summed E-state index contributed by atoms with van der Waals surface area (Å²) in [4.78, 5) is 42.2. The van der Waals surface area contributed by atoms with Crippen molar-refractivity contribution in [2.75, 3.05) is 19.7 Å². The quantitative estimate of drug-likeness (QED) is 0.374. The van der Waals surface area contributed by atoms with Crippen LogP contribution >= 0.6 is 11.3 Å². The predicted molar refractivity (Wildman–Crippen MR) is 165 cm³/mol. The molecule has 1 saturated carbocycles. The summed E-state index contributed by atoms with van der Waals surface area (Å²) in [6.45, 7) is 1.11. The van der Waals surface area contributed by atoms with Crippen molar-refractivity contribution in [3.63, 3.8) is 0 Å². The molecule has 5 rings (SSSR count). The van der Waals surface area contributed by atoms with E-state index in [4.69, 9.17) is 4.74 Å². The molecule has 2 heterocycles. The van der Waals surface area contributed by atoms with Gasteiger partial charge in [-0.3, -0.25) is 14.4 Å². The fourth-order valence-corrected chi connectivity index (χ4v) is 6.32. The maximum atomic E-state index is 13.9. The number of fused-ring (bicyclic) bond motifs is 1. The van der Waals surface area contributed by atoms with Crippen molar-refractivity contribution in [1.29, 1.82) is 0 Å². The van der Waals surface area contributed by atoms with E-state index in [9.17, 15) is 14.4 Å². The number of hydrogen-bond acceptors (Lipinski definition) is 6. The Morgan fingerprint density at radius 2 is 1.64 bits per heavy atom. The summed E-state index contributed by atoms with van der Waals surface area (Å²) in [5, 5.41) is 14.5. The van der Waals surface area contributed by atoms with Gasteiger partial charge in [-0.2, -0.15) is 0 Å². The molecule has 220 valence electrons. The van der Waals surface area contributed by atoms with E-state index in [0.29, 0.717) is 45.4 Å². The summed E-state index contributed by atoms with van der Waals surface area (Å²) in [5.41, 5.74) is 0.757. The molecule has 9 heteroatoms. The zero-order chi connectivity index (χ0) is 29.2. The number of thiophene rings is 1. The molecule has 4 N–H and O–H groups in total. The maximum Gasteiger partial charge on any atom is 0.246 e. The van der Waals surface area contributed by atoms with Gasteiger partial charge in [0.2, 0.25) is 17.7 Å². The summed E-state index contributed by atoms with van der Waals surface area (Å²) in [6, 6.07) is 20.0. The summed E-state index contributed by atoms with van der Waals surface area (Å²) < 4.78 is 6.07. The van der Waals surface area contributed by atoms with Crippen LogP contribution < -0.4 is 26.0 Å². The topological polar surface area (TPSA) is 109 Å². The molecule has 3 aromatic rings. The van der Waals surface area contributed by atoms with E-state index >= 15 is 0 Å². The Kier molecular flexibility index (Phi) is 10.0. The van der Waals surface area contributed by atoms with Gasteiger partial charge in [-0.15, -0.1) is 11.3 Å². The van der Waals surface area contributed by atoms with Crippen LogP contribution in [0.25, 0.3) is 6.08 Å². The van der Waals surface area contributed by atoms with E-state index in [1.54, 1.807) is 11.3 Å². The summed E-state index contributed by atoms with van der Waals surface area (Å²) in [6.07, 6.45) is 7.33. The second kappa shape index (κ2) is 14.3. The van der Waals surface area contributed by atoms with Crippen LogP contribution in [0.1, 0.15) is 41.7 Å². The molecule has 0 bridgehead atoms. The number of ether oxygens (including phenoxy) is 1. The lowest BCUT2D eigenvalue weighted by molar-refractivity contribution is -0.136. The van der Waals surface area contributed by atoms with Crippen LogP contribution in [-0.4, -0.2) is 55.0 Å². The van der Waals surface area contributed by atoms with Gasteiger partial charge in [-0.05, 0) is 35.9 Å². The van der Waals surface area contributed by atoms with Crippen LogP contribution in [0, 0.1) is 0 Å².